The lowest BCUT2D eigenvalue weighted by molar-refractivity contribution is -0.140. The van der Waals surface area contributed by atoms with Gasteiger partial charge in [-0.25, -0.2) is 4.45 Å². The Morgan fingerprint density at radius 3 is 2.57 bits per heavy atom. The van der Waals surface area contributed by atoms with E-state index < -0.39 is 17.3 Å². The number of hydrogen-bond acceptors (Lipinski definition) is 4. The molecule has 1 atom stereocenters. The molecule has 28 heavy (non-hydrogen) atoms. The highest BCUT2D eigenvalue weighted by Crippen LogP contribution is 2.33. The fraction of sp³-hybridized carbons (Fsp3) is 0.312. The summed E-state index contributed by atoms with van der Waals surface area (Å²) in [4.78, 5) is 27.9. The molecule has 1 aromatic heterocycles. The van der Waals surface area contributed by atoms with E-state index in [1.165, 1.54) is 33.7 Å². The zero-order valence-electron chi connectivity index (χ0n) is 14.2. The van der Waals surface area contributed by atoms with Gasteiger partial charge in [0.15, 0.2) is 0 Å². The van der Waals surface area contributed by atoms with Crippen LogP contribution < -0.4 is 10.5 Å². The van der Waals surface area contributed by atoms with Crippen molar-refractivity contribution in [2.75, 3.05) is 24.5 Å². The van der Waals surface area contributed by atoms with Gasteiger partial charge in [-0.05, 0) is 33.7 Å². The molecule has 12 heteroatoms. The molecule has 1 amide bonds. The molecule has 2 aromatic rings. The summed E-state index contributed by atoms with van der Waals surface area (Å²) in [7, 11) is 0. The van der Waals surface area contributed by atoms with Crippen LogP contribution in [0, 0.1) is 0 Å². The summed E-state index contributed by atoms with van der Waals surface area (Å²) >= 11 is 8.12. The second kappa shape index (κ2) is 8.54. The van der Waals surface area contributed by atoms with Crippen molar-refractivity contribution >= 4 is 51.6 Å². The van der Waals surface area contributed by atoms with E-state index in [4.69, 9.17) is 11.6 Å². The van der Waals surface area contributed by atoms with Gasteiger partial charge in [-0.15, -0.1) is 0 Å². The SMILES string of the molecule is O=C1CN(c2c(Cl)cnn(PI)c2=O)CCN1Cc1ccccc1C(F)(F)F. The third-order valence-corrected chi connectivity index (χ3v) is 6.43. The fourth-order valence-corrected chi connectivity index (χ4v) is 4.54. The number of carbonyl (C=O) groups excluding carboxylic acids is 1. The Morgan fingerprint density at radius 1 is 1.21 bits per heavy atom. The number of anilines is 1. The molecule has 0 spiro atoms. The average molecular weight is 545 g/mol. The molecule has 0 saturated carbocycles. The van der Waals surface area contributed by atoms with E-state index >= 15 is 0 Å². The molecule has 1 aliphatic heterocycles. The predicted molar refractivity (Wildman–Crippen MR) is 110 cm³/mol. The van der Waals surface area contributed by atoms with Gasteiger partial charge in [-0.3, -0.25) is 9.59 Å². The van der Waals surface area contributed by atoms with Crippen LogP contribution in [0.2, 0.25) is 5.02 Å². The third-order valence-electron chi connectivity index (χ3n) is 4.31. The zero-order chi connectivity index (χ0) is 20.5. The summed E-state index contributed by atoms with van der Waals surface area (Å²) in [5.41, 5.74) is -0.936. The van der Waals surface area contributed by atoms with Gasteiger partial charge in [0.25, 0.3) is 5.56 Å². The van der Waals surface area contributed by atoms with Crippen LogP contribution in [0.4, 0.5) is 18.9 Å². The fourth-order valence-electron chi connectivity index (χ4n) is 2.98. The third kappa shape index (κ3) is 4.44. The number of rotatable bonds is 4. The molecule has 0 N–H and O–H groups in total. The molecule has 1 aliphatic rings. The summed E-state index contributed by atoms with van der Waals surface area (Å²) in [5.74, 6) is -0.376. The highest BCUT2D eigenvalue weighted by molar-refractivity contribution is 14.2. The number of carbonyl (C=O) groups is 1. The molecule has 1 unspecified atom stereocenters. The lowest BCUT2D eigenvalue weighted by Crippen LogP contribution is -2.51. The Balaban J connectivity index is 1.79. The van der Waals surface area contributed by atoms with Crippen LogP contribution in [-0.2, 0) is 17.5 Å². The summed E-state index contributed by atoms with van der Waals surface area (Å²) in [6, 6.07) is 5.19. The molecular weight excluding hydrogens is 531 g/mol. The Kier molecular flexibility index (Phi) is 6.51. The van der Waals surface area contributed by atoms with Crippen LogP contribution >= 0.6 is 40.0 Å². The van der Waals surface area contributed by atoms with Gasteiger partial charge in [0.2, 0.25) is 5.91 Å². The van der Waals surface area contributed by atoms with E-state index in [2.05, 4.69) is 5.10 Å². The molecule has 1 aromatic carbocycles. The number of halogens is 5. The molecule has 1 saturated heterocycles. The number of nitrogens with zero attached hydrogens (tertiary/aromatic N) is 4. The molecule has 6 nitrogen and oxygen atoms in total. The highest BCUT2D eigenvalue weighted by atomic mass is 127. The monoisotopic (exact) mass is 544 g/mol. The van der Waals surface area contributed by atoms with E-state index in [9.17, 15) is 22.8 Å². The smallest absolute Gasteiger partial charge is 0.355 e. The van der Waals surface area contributed by atoms with Gasteiger partial charge in [-0.2, -0.15) is 18.3 Å². The van der Waals surface area contributed by atoms with Crippen molar-refractivity contribution in [3.8, 4) is 0 Å². The van der Waals surface area contributed by atoms with Gasteiger partial charge < -0.3 is 9.80 Å². The molecule has 0 bridgehead atoms. The van der Waals surface area contributed by atoms with Crippen molar-refractivity contribution in [2.24, 2.45) is 0 Å². The van der Waals surface area contributed by atoms with Crippen molar-refractivity contribution in [2.45, 2.75) is 12.7 Å². The Hall–Kier alpha value is -1.39. The van der Waals surface area contributed by atoms with Crippen LogP contribution in [0.3, 0.4) is 0 Å². The van der Waals surface area contributed by atoms with E-state index in [-0.39, 0.29) is 54.7 Å². The highest BCUT2D eigenvalue weighted by Gasteiger charge is 2.34. The van der Waals surface area contributed by atoms with Crippen molar-refractivity contribution in [1.82, 2.24) is 14.5 Å². The first-order valence-electron chi connectivity index (χ1n) is 8.04. The van der Waals surface area contributed by atoms with E-state index in [0.29, 0.717) is 0 Å². The molecule has 3 rings (SSSR count). The van der Waals surface area contributed by atoms with Crippen molar-refractivity contribution in [1.29, 1.82) is 0 Å². The quantitative estimate of drug-likeness (QED) is 0.437. The minimum absolute atomic E-state index is 0.0345. The van der Waals surface area contributed by atoms with Gasteiger partial charge in [-0.1, -0.05) is 29.8 Å². The first kappa shape index (κ1) is 21.3. The number of amides is 1. The van der Waals surface area contributed by atoms with Crippen molar-refractivity contribution in [3.63, 3.8) is 0 Å². The summed E-state index contributed by atoms with van der Waals surface area (Å²) < 4.78 is 40.8. The van der Waals surface area contributed by atoms with Crippen molar-refractivity contribution in [3.05, 3.63) is 57.0 Å². The molecule has 2 heterocycles. The van der Waals surface area contributed by atoms with Crippen LogP contribution in [0.5, 0.6) is 0 Å². The van der Waals surface area contributed by atoms with E-state index in [0.717, 1.165) is 6.07 Å². The number of hydrogen-bond donors (Lipinski definition) is 0. The van der Waals surface area contributed by atoms with Crippen molar-refractivity contribution < 1.29 is 18.0 Å². The Morgan fingerprint density at radius 2 is 1.93 bits per heavy atom. The summed E-state index contributed by atoms with van der Waals surface area (Å²) in [5, 5.41) is 4.06. The molecule has 0 radical (unpaired) electrons. The normalized spacial score (nSPS) is 15.7. The lowest BCUT2D eigenvalue weighted by atomic mass is 10.1. The number of benzene rings is 1. The molecule has 1 fully saturated rings. The maximum Gasteiger partial charge on any atom is 0.416 e. The number of alkyl halides is 3. The van der Waals surface area contributed by atoms with E-state index in [1.807, 2.05) is 22.0 Å². The van der Waals surface area contributed by atoms with Crippen LogP contribution in [0.25, 0.3) is 0 Å². The largest absolute Gasteiger partial charge is 0.416 e. The summed E-state index contributed by atoms with van der Waals surface area (Å²) in [6.07, 6.45) is -3.07. The minimum atomic E-state index is -4.49. The zero-order valence-corrected chi connectivity index (χ0v) is 18.1. The lowest BCUT2D eigenvalue weighted by Gasteiger charge is -2.36. The second-order valence-electron chi connectivity index (χ2n) is 6.03. The second-order valence-corrected chi connectivity index (χ2v) is 8.48. The maximum absolute atomic E-state index is 13.2. The van der Waals surface area contributed by atoms with Crippen LogP contribution in [0.15, 0.2) is 35.3 Å². The Labute approximate surface area is 178 Å². The standard InChI is InChI=1S/C16H14ClF3IN4O2P/c17-12-7-22-25(28-21)15(27)14(12)24-6-5-23(13(26)9-24)8-10-3-1-2-4-11(10)16(18,19)20/h1-4,7,28H,5-6,8-9H2. The number of aromatic nitrogens is 2. The van der Waals surface area contributed by atoms with Gasteiger partial charge in [0, 0.05) is 19.6 Å². The van der Waals surface area contributed by atoms with Gasteiger partial charge >= 0.3 is 6.18 Å². The van der Waals surface area contributed by atoms with Gasteiger partial charge in [0.1, 0.15) is 5.69 Å². The molecule has 0 aliphatic carbocycles. The molecule has 150 valence electrons. The average Bonchev–Trinajstić information content (AvgIpc) is 2.63. The van der Waals surface area contributed by atoms with E-state index in [1.54, 1.807) is 4.90 Å². The first-order chi connectivity index (χ1) is 13.2. The van der Waals surface area contributed by atoms with Crippen LogP contribution in [-0.4, -0.2) is 40.0 Å². The predicted octanol–water partition coefficient (Wildman–Crippen LogP) is 3.56. The van der Waals surface area contributed by atoms with Crippen LogP contribution in [0.1, 0.15) is 11.1 Å². The topological polar surface area (TPSA) is 58.4 Å². The Bertz CT molecular complexity index is 956. The molecular formula is C16H14ClF3IN4O2P. The first-order valence-corrected chi connectivity index (χ1v) is 12.5. The van der Waals surface area contributed by atoms with Gasteiger partial charge in [0.05, 0.1) is 29.7 Å². The maximum atomic E-state index is 13.2. The minimum Gasteiger partial charge on any atom is -0.355 e. The summed E-state index contributed by atoms with van der Waals surface area (Å²) in [6.45, 7) is 0.169. The number of piperazine rings is 1.